The minimum atomic E-state index is -5.08. The van der Waals surface area contributed by atoms with Crippen LogP contribution in [0.4, 0.5) is 26.3 Å². The number of methoxy groups -OCH3 is 1. The Morgan fingerprint density at radius 2 is 1.52 bits per heavy atom. The minimum absolute atomic E-state index is 0.714. The highest BCUT2D eigenvalue weighted by Gasteiger charge is 2.38. The third kappa shape index (κ3) is 10.3. The molecule has 0 unspecified atom stereocenters. The lowest BCUT2D eigenvalue weighted by Gasteiger charge is -2.09. The van der Waals surface area contributed by atoms with Gasteiger partial charge in [0, 0.05) is 11.2 Å². The van der Waals surface area contributed by atoms with Gasteiger partial charge in [0.1, 0.15) is 11.6 Å². The molecule has 9 nitrogen and oxygen atoms in total. The summed E-state index contributed by atoms with van der Waals surface area (Å²) in [5.74, 6) is -3.96. The smallest absolute Gasteiger partial charge is 0.490 e. The first-order valence-electron chi connectivity index (χ1n) is 11.3. The predicted octanol–water partition coefficient (Wildman–Crippen LogP) is 6.67. The van der Waals surface area contributed by atoms with Crippen LogP contribution in [0.25, 0.3) is 29.1 Å². The normalized spacial score (nSPS) is 11.3. The maximum atomic E-state index is 10.6. The van der Waals surface area contributed by atoms with Gasteiger partial charge >= 0.3 is 24.3 Å². The van der Waals surface area contributed by atoms with Crippen molar-refractivity contribution in [3.8, 4) is 22.7 Å². The van der Waals surface area contributed by atoms with E-state index >= 15 is 0 Å². The van der Waals surface area contributed by atoms with Gasteiger partial charge in [-0.05, 0) is 48.4 Å². The molecule has 0 aliphatic heterocycles. The maximum Gasteiger partial charge on any atom is 0.490 e. The Morgan fingerprint density at radius 3 is 2.00 bits per heavy atom. The zero-order valence-corrected chi connectivity index (χ0v) is 22.3. The lowest BCUT2D eigenvalue weighted by atomic mass is 10.1. The van der Waals surface area contributed by atoms with Gasteiger partial charge in [0.15, 0.2) is 0 Å². The second kappa shape index (κ2) is 14.2. The molecule has 0 spiro atoms. The van der Waals surface area contributed by atoms with Gasteiger partial charge < -0.3 is 24.5 Å². The third-order valence-corrected chi connectivity index (χ3v) is 5.11. The van der Waals surface area contributed by atoms with Gasteiger partial charge in [-0.2, -0.15) is 26.3 Å². The van der Waals surface area contributed by atoms with Crippen LogP contribution in [0.3, 0.4) is 0 Å². The zero-order chi connectivity index (χ0) is 31.7. The standard InChI is InChI=1S/C22H19ClN4O.2C2HF3O2/c1-15-13-27(14-25-15)20-9-3-16(11-21(20)28-2)4-10-22-24-12-19(26-22)17-5-7-18(23)8-6-17;2*3-2(4,5)1(6)7/h3-14H,1-2H3,(H,24,26);2*(H,6,7)/b10-4+;;. The largest absolute Gasteiger partial charge is 0.495 e. The van der Waals surface area contributed by atoms with E-state index in [0.29, 0.717) is 5.02 Å². The second-order valence-electron chi connectivity index (χ2n) is 7.98. The fraction of sp³-hybridized carbons (Fsp3) is 0.154. The number of imidazole rings is 2. The molecule has 0 amide bonds. The molecule has 0 saturated heterocycles. The second-order valence-corrected chi connectivity index (χ2v) is 8.42. The van der Waals surface area contributed by atoms with Crippen LogP contribution in [0, 0.1) is 6.92 Å². The number of alkyl halides is 6. The Hall–Kier alpha value is -4.79. The molecule has 2 heterocycles. The predicted molar refractivity (Wildman–Crippen MR) is 140 cm³/mol. The van der Waals surface area contributed by atoms with Gasteiger partial charge in [0.25, 0.3) is 0 Å². The van der Waals surface area contributed by atoms with E-state index in [1.807, 2.05) is 78.5 Å². The van der Waals surface area contributed by atoms with Crippen LogP contribution in [0.15, 0.2) is 61.2 Å². The number of carboxylic acids is 2. The van der Waals surface area contributed by atoms with Crippen molar-refractivity contribution in [2.24, 2.45) is 0 Å². The molecule has 3 N–H and O–H groups in total. The zero-order valence-electron chi connectivity index (χ0n) is 21.5. The summed E-state index contributed by atoms with van der Waals surface area (Å²) < 4.78 is 71.0. The van der Waals surface area contributed by atoms with Crippen molar-refractivity contribution < 1.29 is 50.9 Å². The van der Waals surface area contributed by atoms with Crippen LogP contribution >= 0.6 is 11.6 Å². The third-order valence-electron chi connectivity index (χ3n) is 4.86. The van der Waals surface area contributed by atoms with Gasteiger partial charge in [0.2, 0.25) is 0 Å². The van der Waals surface area contributed by atoms with E-state index in [9.17, 15) is 26.3 Å². The Balaban J connectivity index is 0.000000367. The summed E-state index contributed by atoms with van der Waals surface area (Å²) in [4.78, 5) is 29.8. The number of ether oxygens (including phenoxy) is 1. The van der Waals surface area contributed by atoms with E-state index in [0.717, 1.165) is 39.8 Å². The summed E-state index contributed by atoms with van der Waals surface area (Å²) in [7, 11) is 1.67. The Bertz CT molecular complexity index is 1510. The number of rotatable bonds is 5. The molecule has 0 atom stereocenters. The molecule has 16 heteroatoms. The van der Waals surface area contributed by atoms with E-state index in [-0.39, 0.29) is 0 Å². The molecule has 0 radical (unpaired) electrons. The fourth-order valence-corrected chi connectivity index (χ4v) is 3.06. The molecule has 0 aliphatic rings. The Labute approximate surface area is 238 Å². The molecule has 42 heavy (non-hydrogen) atoms. The summed E-state index contributed by atoms with van der Waals surface area (Å²) in [5.41, 5.74) is 4.91. The van der Waals surface area contributed by atoms with Crippen molar-refractivity contribution >= 4 is 35.7 Å². The number of halogens is 7. The number of carbonyl (C=O) groups is 2. The number of carboxylic acid groups (broad SMARTS) is 2. The number of aryl methyl sites for hydroxylation is 1. The van der Waals surface area contributed by atoms with Gasteiger partial charge in [-0.1, -0.05) is 35.9 Å². The number of aromatic nitrogens is 4. The molecule has 0 aliphatic carbocycles. The lowest BCUT2D eigenvalue weighted by Crippen LogP contribution is -2.21. The van der Waals surface area contributed by atoms with Crippen LogP contribution < -0.4 is 4.74 Å². The van der Waals surface area contributed by atoms with Crippen LogP contribution in [0.2, 0.25) is 5.02 Å². The number of aliphatic carboxylic acids is 2. The van der Waals surface area contributed by atoms with Crippen LogP contribution in [0.5, 0.6) is 5.75 Å². The number of benzene rings is 2. The van der Waals surface area contributed by atoms with Crippen molar-refractivity contribution in [3.05, 3.63) is 83.3 Å². The molecule has 4 rings (SSSR count). The highest BCUT2D eigenvalue weighted by Crippen LogP contribution is 2.26. The van der Waals surface area contributed by atoms with E-state index in [2.05, 4.69) is 15.0 Å². The number of hydrogen-bond acceptors (Lipinski definition) is 5. The number of hydrogen-bond donors (Lipinski definition) is 3. The summed E-state index contributed by atoms with van der Waals surface area (Å²) in [6.45, 7) is 1.96. The van der Waals surface area contributed by atoms with Crippen molar-refractivity contribution in [1.82, 2.24) is 19.5 Å². The van der Waals surface area contributed by atoms with Gasteiger partial charge in [-0.15, -0.1) is 0 Å². The molecule has 0 bridgehead atoms. The molecule has 4 aromatic rings. The molecule has 2 aromatic carbocycles. The van der Waals surface area contributed by atoms with Crippen molar-refractivity contribution in [2.45, 2.75) is 19.3 Å². The van der Waals surface area contributed by atoms with E-state index in [4.69, 9.17) is 36.1 Å². The molecule has 0 fully saturated rings. The molecular weight excluding hydrogens is 598 g/mol. The SMILES string of the molecule is COc1cc(/C=C/c2ncc(-c3ccc(Cl)cc3)[nH]2)ccc1-n1cnc(C)c1.O=C(O)C(F)(F)F.O=C(O)C(F)(F)F. The topological polar surface area (TPSA) is 130 Å². The molecule has 2 aromatic heterocycles. The number of nitrogens with zero attached hydrogens (tertiary/aromatic N) is 3. The van der Waals surface area contributed by atoms with Crippen LogP contribution in [-0.2, 0) is 9.59 Å². The average Bonchev–Trinajstić information content (AvgIpc) is 3.56. The summed E-state index contributed by atoms with van der Waals surface area (Å²) in [6.07, 6.45) is -0.669. The van der Waals surface area contributed by atoms with Gasteiger partial charge in [0.05, 0.1) is 36.7 Å². The van der Waals surface area contributed by atoms with Crippen LogP contribution in [-0.4, -0.2) is 61.1 Å². The van der Waals surface area contributed by atoms with E-state index in [1.54, 1.807) is 13.4 Å². The van der Waals surface area contributed by atoms with Crippen molar-refractivity contribution in [1.29, 1.82) is 0 Å². The number of nitrogens with one attached hydrogen (secondary N) is 1. The molecular formula is C26H21ClF6N4O5. The first-order valence-corrected chi connectivity index (χ1v) is 11.7. The first-order chi connectivity index (χ1) is 19.5. The highest BCUT2D eigenvalue weighted by atomic mass is 35.5. The summed E-state index contributed by atoms with van der Waals surface area (Å²) in [5, 5.41) is 15.0. The fourth-order valence-electron chi connectivity index (χ4n) is 2.94. The molecule has 0 saturated carbocycles. The van der Waals surface area contributed by atoms with E-state index in [1.165, 1.54) is 0 Å². The highest BCUT2D eigenvalue weighted by molar-refractivity contribution is 6.30. The summed E-state index contributed by atoms with van der Waals surface area (Å²) >= 11 is 5.95. The quantitative estimate of drug-likeness (QED) is 0.213. The maximum absolute atomic E-state index is 10.6. The van der Waals surface area contributed by atoms with Crippen molar-refractivity contribution in [3.63, 3.8) is 0 Å². The summed E-state index contributed by atoms with van der Waals surface area (Å²) in [6, 6.07) is 13.7. The first kappa shape index (κ1) is 33.4. The van der Waals surface area contributed by atoms with Crippen molar-refractivity contribution in [2.75, 3.05) is 7.11 Å². The molecule has 224 valence electrons. The minimum Gasteiger partial charge on any atom is -0.495 e. The Morgan fingerprint density at radius 1 is 0.952 bits per heavy atom. The monoisotopic (exact) mass is 618 g/mol. The number of H-pyrrole nitrogens is 1. The average molecular weight is 619 g/mol. The van der Waals surface area contributed by atoms with E-state index < -0.39 is 24.3 Å². The van der Waals surface area contributed by atoms with Gasteiger partial charge in [-0.25, -0.2) is 19.6 Å². The Kier molecular flexibility index (Phi) is 11.3. The number of aromatic amines is 1. The lowest BCUT2D eigenvalue weighted by molar-refractivity contribution is -0.193. The van der Waals surface area contributed by atoms with Crippen LogP contribution in [0.1, 0.15) is 17.1 Å². The van der Waals surface area contributed by atoms with Gasteiger partial charge in [-0.3, -0.25) is 0 Å².